The van der Waals surface area contributed by atoms with Gasteiger partial charge in [0.25, 0.3) is 0 Å². The molecule has 0 unspecified atom stereocenters. The first kappa shape index (κ1) is 24.2. The molecule has 5 heterocycles. The van der Waals surface area contributed by atoms with Crippen molar-refractivity contribution in [2.24, 2.45) is 5.92 Å². The molecule has 0 atom stereocenters. The van der Waals surface area contributed by atoms with E-state index in [1.807, 2.05) is 48.8 Å². The Morgan fingerprint density at radius 1 is 0.800 bits per heavy atom. The van der Waals surface area contributed by atoms with Crippen LogP contribution >= 0.6 is 0 Å². The van der Waals surface area contributed by atoms with Crippen LogP contribution in [0.25, 0.3) is 55.6 Å². The summed E-state index contributed by atoms with van der Waals surface area (Å²) in [6.07, 6.45) is 15.5. The lowest BCUT2D eigenvalue weighted by atomic mass is 9.87. The van der Waals surface area contributed by atoms with E-state index in [0.29, 0.717) is 12.3 Å². The zero-order chi connectivity index (χ0) is 26.9. The summed E-state index contributed by atoms with van der Waals surface area (Å²) in [4.78, 5) is 29.4. The van der Waals surface area contributed by atoms with Crippen LogP contribution in [-0.2, 0) is 4.79 Å². The Morgan fingerprint density at radius 2 is 1.65 bits per heavy atom. The lowest BCUT2D eigenvalue weighted by molar-refractivity contribution is -0.117. The molecule has 0 bridgehead atoms. The first-order chi connectivity index (χ1) is 19.7. The van der Waals surface area contributed by atoms with Gasteiger partial charge in [0.2, 0.25) is 5.91 Å². The Balaban J connectivity index is 1.19. The van der Waals surface area contributed by atoms with E-state index in [1.165, 1.54) is 19.3 Å². The highest BCUT2D eigenvalue weighted by atomic mass is 16.1. The van der Waals surface area contributed by atoms with Gasteiger partial charge in [0.1, 0.15) is 5.69 Å². The van der Waals surface area contributed by atoms with Crippen LogP contribution < -0.4 is 5.32 Å². The second-order valence-electron chi connectivity index (χ2n) is 10.6. The van der Waals surface area contributed by atoms with Crippen molar-refractivity contribution in [3.05, 3.63) is 79.5 Å². The molecule has 1 fully saturated rings. The van der Waals surface area contributed by atoms with Gasteiger partial charge in [-0.3, -0.25) is 24.8 Å². The van der Waals surface area contributed by atoms with E-state index in [4.69, 9.17) is 0 Å². The first-order valence-electron chi connectivity index (χ1n) is 13.8. The molecule has 1 aliphatic carbocycles. The number of nitrogens with zero attached hydrogens (tertiary/aromatic N) is 4. The molecule has 0 aliphatic heterocycles. The summed E-state index contributed by atoms with van der Waals surface area (Å²) in [5, 5.41) is 12.9. The van der Waals surface area contributed by atoms with Crippen LogP contribution in [0.2, 0.25) is 0 Å². The van der Waals surface area contributed by atoms with Gasteiger partial charge < -0.3 is 10.3 Å². The summed E-state index contributed by atoms with van der Waals surface area (Å²) in [5.74, 6) is 0.561. The minimum atomic E-state index is 0.0675. The van der Waals surface area contributed by atoms with Crippen LogP contribution in [0.5, 0.6) is 0 Å². The third-order valence-corrected chi connectivity index (χ3v) is 7.87. The van der Waals surface area contributed by atoms with Gasteiger partial charge in [-0.2, -0.15) is 5.10 Å². The average Bonchev–Trinajstić information content (AvgIpc) is 3.62. The predicted octanol–water partition coefficient (Wildman–Crippen LogP) is 7.14. The summed E-state index contributed by atoms with van der Waals surface area (Å²) < 4.78 is 0. The number of aromatic amines is 2. The number of hydrogen-bond donors (Lipinski definition) is 3. The number of carbonyl (C=O) groups is 1. The van der Waals surface area contributed by atoms with Gasteiger partial charge in [-0.25, -0.2) is 0 Å². The fraction of sp³-hybridized carbons (Fsp3) is 0.219. The zero-order valence-corrected chi connectivity index (χ0v) is 22.0. The normalized spacial score (nSPS) is 14.1. The van der Waals surface area contributed by atoms with Gasteiger partial charge in [0, 0.05) is 58.6 Å². The van der Waals surface area contributed by atoms with Crippen molar-refractivity contribution in [1.82, 2.24) is 30.1 Å². The van der Waals surface area contributed by atoms with E-state index < -0.39 is 0 Å². The molecule has 1 amide bonds. The third-order valence-electron chi connectivity index (χ3n) is 7.87. The Morgan fingerprint density at radius 3 is 2.52 bits per heavy atom. The molecule has 8 nitrogen and oxygen atoms in total. The number of H-pyrrole nitrogens is 2. The number of benzene rings is 1. The summed E-state index contributed by atoms with van der Waals surface area (Å²) in [7, 11) is 0. The molecule has 7 rings (SSSR count). The standard InChI is InChI=1S/C32H29N7O/c40-30(14-20-4-2-1-3-5-20)36-24-15-23(18-34-19-24)22-6-7-28-25(16-22)32(39-38-28)29-17-26-27(37-29)10-13-35-31(26)21-8-11-33-12-9-21/h6-13,15-20,37H,1-5,14H2,(H,36,40)(H,38,39). The molecular weight excluding hydrogens is 498 g/mol. The lowest BCUT2D eigenvalue weighted by Crippen LogP contribution is -2.18. The third kappa shape index (κ3) is 4.73. The summed E-state index contributed by atoms with van der Waals surface area (Å²) in [5.41, 5.74) is 8.24. The van der Waals surface area contributed by atoms with E-state index in [1.54, 1.807) is 18.6 Å². The van der Waals surface area contributed by atoms with Crippen molar-refractivity contribution in [3.63, 3.8) is 0 Å². The molecule has 1 aromatic carbocycles. The summed E-state index contributed by atoms with van der Waals surface area (Å²) >= 11 is 0. The fourth-order valence-electron chi connectivity index (χ4n) is 5.85. The molecule has 0 radical (unpaired) electrons. The van der Waals surface area contributed by atoms with Crippen molar-refractivity contribution in [3.8, 4) is 33.8 Å². The van der Waals surface area contributed by atoms with Crippen molar-refractivity contribution < 1.29 is 4.79 Å². The van der Waals surface area contributed by atoms with Crippen LogP contribution in [0.4, 0.5) is 5.69 Å². The minimum Gasteiger partial charge on any atom is -0.353 e. The molecule has 8 heteroatoms. The Labute approximate surface area is 231 Å². The van der Waals surface area contributed by atoms with Gasteiger partial charge in [0.05, 0.1) is 28.8 Å². The number of nitrogens with one attached hydrogen (secondary N) is 3. The second kappa shape index (κ2) is 10.4. The molecule has 3 N–H and O–H groups in total. The minimum absolute atomic E-state index is 0.0675. The molecule has 40 heavy (non-hydrogen) atoms. The Hall–Kier alpha value is -4.85. The van der Waals surface area contributed by atoms with Gasteiger partial charge in [-0.05, 0) is 66.8 Å². The number of hydrogen-bond acceptors (Lipinski definition) is 5. The number of anilines is 1. The van der Waals surface area contributed by atoms with Crippen molar-refractivity contribution in [2.75, 3.05) is 5.32 Å². The van der Waals surface area contributed by atoms with E-state index in [2.05, 4.69) is 47.6 Å². The summed E-state index contributed by atoms with van der Waals surface area (Å²) in [6, 6.07) is 16.2. The number of fused-ring (bicyclic) bond motifs is 2. The molecule has 1 aliphatic rings. The second-order valence-corrected chi connectivity index (χ2v) is 10.6. The predicted molar refractivity (Wildman–Crippen MR) is 157 cm³/mol. The lowest BCUT2D eigenvalue weighted by Gasteiger charge is -2.20. The number of aromatic nitrogens is 6. The van der Waals surface area contributed by atoms with Gasteiger partial charge in [-0.15, -0.1) is 0 Å². The van der Waals surface area contributed by atoms with Crippen LogP contribution in [-0.4, -0.2) is 36.0 Å². The van der Waals surface area contributed by atoms with Crippen LogP contribution in [0.3, 0.4) is 0 Å². The smallest absolute Gasteiger partial charge is 0.224 e. The average molecular weight is 528 g/mol. The molecular formula is C32H29N7O. The highest BCUT2D eigenvalue weighted by molar-refractivity contribution is 6.01. The molecule has 0 saturated heterocycles. The number of rotatable bonds is 6. The summed E-state index contributed by atoms with van der Waals surface area (Å²) in [6.45, 7) is 0. The Bertz CT molecular complexity index is 1820. The van der Waals surface area contributed by atoms with Crippen molar-refractivity contribution in [1.29, 1.82) is 0 Å². The number of amides is 1. The van der Waals surface area contributed by atoms with Crippen LogP contribution in [0.15, 0.2) is 79.5 Å². The van der Waals surface area contributed by atoms with E-state index in [9.17, 15) is 4.79 Å². The SMILES string of the molecule is O=C(CC1CCCCC1)Nc1cncc(-c2ccc3[nH]nc(-c4cc5c(-c6ccncc6)nccc5[nH]4)c3c2)c1. The largest absolute Gasteiger partial charge is 0.353 e. The van der Waals surface area contributed by atoms with E-state index in [0.717, 1.165) is 74.1 Å². The van der Waals surface area contributed by atoms with Crippen LogP contribution in [0.1, 0.15) is 38.5 Å². The number of pyridine rings is 3. The highest BCUT2D eigenvalue weighted by Crippen LogP contribution is 2.34. The van der Waals surface area contributed by atoms with E-state index in [-0.39, 0.29) is 5.91 Å². The fourth-order valence-corrected chi connectivity index (χ4v) is 5.85. The van der Waals surface area contributed by atoms with Crippen LogP contribution in [0, 0.1) is 5.92 Å². The number of carbonyl (C=O) groups excluding carboxylic acids is 1. The Kier molecular flexibility index (Phi) is 6.28. The molecule has 5 aromatic heterocycles. The van der Waals surface area contributed by atoms with Gasteiger partial charge >= 0.3 is 0 Å². The molecule has 0 spiro atoms. The van der Waals surface area contributed by atoms with Gasteiger partial charge in [0.15, 0.2) is 0 Å². The monoisotopic (exact) mass is 527 g/mol. The van der Waals surface area contributed by atoms with E-state index >= 15 is 0 Å². The first-order valence-corrected chi connectivity index (χ1v) is 13.8. The maximum Gasteiger partial charge on any atom is 0.224 e. The quantitative estimate of drug-likeness (QED) is 0.213. The maximum absolute atomic E-state index is 12.7. The van der Waals surface area contributed by atoms with Crippen molar-refractivity contribution in [2.45, 2.75) is 38.5 Å². The van der Waals surface area contributed by atoms with Gasteiger partial charge in [-0.1, -0.05) is 25.3 Å². The topological polar surface area (TPSA) is 112 Å². The molecule has 6 aromatic rings. The zero-order valence-electron chi connectivity index (χ0n) is 22.0. The van der Waals surface area contributed by atoms with Crippen molar-refractivity contribution >= 4 is 33.4 Å². The molecule has 1 saturated carbocycles. The maximum atomic E-state index is 12.7. The highest BCUT2D eigenvalue weighted by Gasteiger charge is 2.18. The molecule has 198 valence electrons.